The van der Waals surface area contributed by atoms with Gasteiger partial charge in [-0.1, -0.05) is 23.7 Å². The highest BCUT2D eigenvalue weighted by Crippen LogP contribution is 2.35. The molecule has 3 rings (SSSR count). The van der Waals surface area contributed by atoms with E-state index >= 15 is 0 Å². The van der Waals surface area contributed by atoms with Crippen LogP contribution in [-0.4, -0.2) is 51.1 Å². The summed E-state index contributed by atoms with van der Waals surface area (Å²) in [5, 5.41) is 11.1. The Morgan fingerprint density at radius 3 is 2.53 bits per heavy atom. The van der Waals surface area contributed by atoms with Gasteiger partial charge in [0, 0.05) is 24.7 Å². The van der Waals surface area contributed by atoms with Gasteiger partial charge in [-0.3, -0.25) is 0 Å². The largest absolute Gasteiger partial charge is 0.480 e. The normalized spacial score (nSPS) is 17.2. The average Bonchev–Trinajstić information content (AvgIpc) is 2.72. The van der Waals surface area contributed by atoms with Gasteiger partial charge < -0.3 is 20.1 Å². The molecule has 0 bridgehead atoms. The average molecular weight is 493 g/mol. The van der Waals surface area contributed by atoms with E-state index in [1.807, 2.05) is 0 Å². The first-order valence-corrected chi connectivity index (χ1v) is 11.6. The SMILES string of the molecule is O=C(O)COc1ccc(Cl)cc1N1CCNCC1S(=O)(=O)Cc1ccc(C(F)(F)F)cc1. The van der Waals surface area contributed by atoms with Crippen LogP contribution in [0, 0.1) is 0 Å². The zero-order valence-corrected chi connectivity index (χ0v) is 18.2. The Morgan fingerprint density at radius 1 is 1.22 bits per heavy atom. The van der Waals surface area contributed by atoms with E-state index in [1.54, 1.807) is 4.90 Å². The van der Waals surface area contributed by atoms with Crippen molar-refractivity contribution >= 4 is 33.1 Å². The second-order valence-corrected chi connectivity index (χ2v) is 9.74. The van der Waals surface area contributed by atoms with Crippen LogP contribution in [0.3, 0.4) is 0 Å². The molecule has 1 atom stereocenters. The molecule has 1 saturated heterocycles. The molecule has 1 aliphatic rings. The number of alkyl halides is 3. The van der Waals surface area contributed by atoms with Crippen molar-refractivity contribution in [3.8, 4) is 5.75 Å². The summed E-state index contributed by atoms with van der Waals surface area (Å²) in [6.45, 7) is 0.162. The van der Waals surface area contributed by atoms with Gasteiger partial charge in [-0.05, 0) is 35.9 Å². The van der Waals surface area contributed by atoms with Crippen LogP contribution >= 0.6 is 11.6 Å². The van der Waals surface area contributed by atoms with Crippen molar-refractivity contribution in [1.82, 2.24) is 5.32 Å². The Kier molecular flexibility index (Phi) is 7.21. The molecule has 32 heavy (non-hydrogen) atoms. The molecule has 2 aromatic carbocycles. The van der Waals surface area contributed by atoms with Crippen LogP contribution in [0.4, 0.5) is 18.9 Å². The molecule has 174 valence electrons. The molecule has 2 N–H and O–H groups in total. The fourth-order valence-electron chi connectivity index (χ4n) is 3.37. The van der Waals surface area contributed by atoms with Gasteiger partial charge in [0.1, 0.15) is 11.1 Å². The molecule has 0 amide bonds. The van der Waals surface area contributed by atoms with Crippen LogP contribution in [0.1, 0.15) is 11.1 Å². The third-order valence-corrected chi connectivity index (χ3v) is 7.06. The lowest BCUT2D eigenvalue weighted by atomic mass is 10.1. The molecule has 12 heteroatoms. The van der Waals surface area contributed by atoms with Crippen LogP contribution < -0.4 is 15.0 Å². The first kappa shape index (κ1) is 24.1. The van der Waals surface area contributed by atoms with Crippen molar-refractivity contribution in [1.29, 1.82) is 0 Å². The predicted octanol–water partition coefficient (Wildman–Crippen LogP) is 3.17. The number of piperazine rings is 1. The van der Waals surface area contributed by atoms with Crippen molar-refractivity contribution in [3.05, 3.63) is 58.6 Å². The summed E-state index contributed by atoms with van der Waals surface area (Å²) in [6, 6.07) is 8.42. The van der Waals surface area contributed by atoms with Gasteiger partial charge in [0.05, 0.1) is 17.0 Å². The number of ether oxygens (including phenoxy) is 1. The molecule has 7 nitrogen and oxygen atoms in total. The summed E-state index contributed by atoms with van der Waals surface area (Å²) in [5.74, 6) is -1.51. The van der Waals surface area contributed by atoms with Crippen molar-refractivity contribution in [3.63, 3.8) is 0 Å². The van der Waals surface area contributed by atoms with E-state index in [4.69, 9.17) is 21.4 Å². The molecule has 1 unspecified atom stereocenters. The van der Waals surface area contributed by atoms with Crippen molar-refractivity contribution in [2.24, 2.45) is 0 Å². The Balaban J connectivity index is 1.89. The van der Waals surface area contributed by atoms with E-state index in [-0.39, 0.29) is 24.4 Å². The number of anilines is 1. The third kappa shape index (κ3) is 5.84. The summed E-state index contributed by atoms with van der Waals surface area (Å²) in [6.07, 6.45) is -4.51. The molecule has 1 heterocycles. The highest BCUT2D eigenvalue weighted by atomic mass is 35.5. The van der Waals surface area contributed by atoms with E-state index in [2.05, 4.69) is 5.32 Å². The zero-order chi connectivity index (χ0) is 23.5. The Labute approximate surface area is 187 Å². The van der Waals surface area contributed by atoms with Crippen molar-refractivity contribution in [2.75, 3.05) is 31.1 Å². The number of carboxylic acid groups (broad SMARTS) is 1. The Morgan fingerprint density at radius 2 is 1.91 bits per heavy atom. The number of carbonyl (C=O) groups is 1. The van der Waals surface area contributed by atoms with E-state index in [9.17, 15) is 26.4 Å². The third-order valence-electron chi connectivity index (χ3n) is 4.84. The number of nitrogens with zero attached hydrogens (tertiary/aromatic N) is 1. The van der Waals surface area contributed by atoms with Gasteiger partial charge in [-0.25, -0.2) is 13.2 Å². The highest BCUT2D eigenvalue weighted by molar-refractivity contribution is 7.91. The van der Waals surface area contributed by atoms with Crippen LogP contribution in [0.5, 0.6) is 5.75 Å². The summed E-state index contributed by atoms with van der Waals surface area (Å²) in [7, 11) is -3.88. The molecule has 0 spiro atoms. The topological polar surface area (TPSA) is 95.9 Å². The predicted molar refractivity (Wildman–Crippen MR) is 113 cm³/mol. The Bertz CT molecular complexity index is 1080. The fourth-order valence-corrected chi connectivity index (χ4v) is 5.36. The summed E-state index contributed by atoms with van der Waals surface area (Å²) in [4.78, 5) is 12.5. The first-order valence-electron chi connectivity index (χ1n) is 9.46. The molecule has 2 aromatic rings. The smallest absolute Gasteiger partial charge is 0.416 e. The van der Waals surface area contributed by atoms with Crippen molar-refractivity contribution < 1.29 is 36.2 Å². The second kappa shape index (κ2) is 9.55. The minimum atomic E-state index is -4.51. The van der Waals surface area contributed by atoms with E-state index in [1.165, 1.54) is 18.2 Å². The molecular formula is C20H20ClF3N2O5S. The molecule has 1 aliphatic heterocycles. The summed E-state index contributed by atoms with van der Waals surface area (Å²) in [5.41, 5.74) is -0.322. The quantitative estimate of drug-likeness (QED) is 0.613. The lowest BCUT2D eigenvalue weighted by Crippen LogP contribution is -2.55. The molecule has 0 saturated carbocycles. The number of hydrogen-bond acceptors (Lipinski definition) is 6. The van der Waals surface area contributed by atoms with Crippen LogP contribution in [-0.2, 0) is 26.6 Å². The number of sulfone groups is 1. The maximum Gasteiger partial charge on any atom is 0.416 e. The molecular weight excluding hydrogens is 473 g/mol. The molecule has 1 fully saturated rings. The van der Waals surface area contributed by atoms with Crippen molar-refractivity contribution in [2.45, 2.75) is 17.3 Å². The van der Waals surface area contributed by atoms with Gasteiger partial charge in [0.25, 0.3) is 0 Å². The van der Waals surface area contributed by atoms with Gasteiger partial charge in [0.2, 0.25) is 0 Å². The number of hydrogen-bond donors (Lipinski definition) is 2. The lowest BCUT2D eigenvalue weighted by Gasteiger charge is -2.38. The van der Waals surface area contributed by atoms with Crippen LogP contribution in [0.15, 0.2) is 42.5 Å². The van der Waals surface area contributed by atoms with E-state index in [0.717, 1.165) is 24.3 Å². The number of rotatable bonds is 7. The maximum absolute atomic E-state index is 13.2. The minimum Gasteiger partial charge on any atom is -0.480 e. The molecule has 0 aliphatic carbocycles. The summed E-state index contributed by atoms with van der Waals surface area (Å²) < 4.78 is 70.1. The maximum atomic E-state index is 13.2. The fraction of sp³-hybridized carbons (Fsp3) is 0.350. The Hall–Kier alpha value is -2.50. The first-order chi connectivity index (χ1) is 15.0. The second-order valence-electron chi connectivity index (χ2n) is 7.15. The van der Waals surface area contributed by atoms with Crippen LogP contribution in [0.2, 0.25) is 5.02 Å². The van der Waals surface area contributed by atoms with Gasteiger partial charge in [0.15, 0.2) is 16.4 Å². The number of halogens is 4. The number of carboxylic acids is 1. The minimum absolute atomic E-state index is 0.0633. The monoisotopic (exact) mass is 492 g/mol. The number of aliphatic carboxylic acids is 1. The van der Waals surface area contributed by atoms with Gasteiger partial charge in [-0.2, -0.15) is 13.2 Å². The lowest BCUT2D eigenvalue weighted by molar-refractivity contribution is -0.139. The number of nitrogens with one attached hydrogen (secondary N) is 1. The molecule has 0 radical (unpaired) electrons. The van der Waals surface area contributed by atoms with Gasteiger partial charge >= 0.3 is 12.1 Å². The van der Waals surface area contributed by atoms with E-state index < -0.39 is 45.3 Å². The van der Waals surface area contributed by atoms with Crippen LogP contribution in [0.25, 0.3) is 0 Å². The molecule has 0 aromatic heterocycles. The standard InChI is InChI=1S/C20H20ClF3N2O5S/c21-15-5-6-17(31-11-19(27)28)16(9-15)26-8-7-25-10-18(26)32(29,30)12-13-1-3-14(4-2-13)20(22,23)24/h1-6,9,18,25H,7-8,10-12H2,(H,27,28). The van der Waals surface area contributed by atoms with E-state index in [0.29, 0.717) is 17.3 Å². The number of benzene rings is 2. The highest BCUT2D eigenvalue weighted by Gasteiger charge is 2.36. The zero-order valence-electron chi connectivity index (χ0n) is 16.6. The van der Waals surface area contributed by atoms with Gasteiger partial charge in [-0.15, -0.1) is 0 Å². The summed E-state index contributed by atoms with van der Waals surface area (Å²) >= 11 is 6.09.